The van der Waals surface area contributed by atoms with Gasteiger partial charge in [-0.1, -0.05) is 0 Å². The minimum atomic E-state index is -3.45. The van der Waals surface area contributed by atoms with Crippen LogP contribution >= 0.6 is 0 Å². The Hall–Kier alpha value is -0.170. The first-order chi connectivity index (χ1) is 7.91. The molecule has 0 amide bonds. The van der Waals surface area contributed by atoms with Gasteiger partial charge in [-0.05, 0) is 45.8 Å². The summed E-state index contributed by atoms with van der Waals surface area (Å²) in [6.45, 7) is 2.78. The number of hydrogen-bond donors (Lipinski definition) is 1. The van der Waals surface area contributed by atoms with E-state index in [4.69, 9.17) is 9.88 Å². The Morgan fingerprint density at radius 1 is 1.35 bits per heavy atom. The van der Waals surface area contributed by atoms with Crippen LogP contribution in [0.2, 0.25) is 0 Å². The highest BCUT2D eigenvalue weighted by Gasteiger charge is 2.45. The lowest BCUT2D eigenvalue weighted by molar-refractivity contribution is 0.0580. The van der Waals surface area contributed by atoms with Crippen LogP contribution in [0.3, 0.4) is 0 Å². The Labute approximate surface area is 103 Å². The minimum Gasteiger partial charge on any atom is -0.377 e. The van der Waals surface area contributed by atoms with Crippen LogP contribution in [0.15, 0.2) is 0 Å². The van der Waals surface area contributed by atoms with Crippen molar-refractivity contribution < 1.29 is 13.2 Å². The quantitative estimate of drug-likeness (QED) is 0.770. The molecule has 2 N–H and O–H groups in total. The maximum atomic E-state index is 11.3. The predicted molar refractivity (Wildman–Crippen MR) is 66.1 cm³/mol. The first kappa shape index (κ1) is 13.3. The molecule has 0 aromatic rings. The van der Waals surface area contributed by atoms with Crippen LogP contribution in [0.1, 0.15) is 25.7 Å². The fourth-order valence-corrected chi connectivity index (χ4v) is 3.97. The summed E-state index contributed by atoms with van der Waals surface area (Å²) in [5, 5.41) is 5.15. The molecule has 2 aliphatic heterocycles. The zero-order chi connectivity index (χ0) is 12.5. The monoisotopic (exact) mass is 262 g/mol. The molecular weight excluding hydrogens is 240 g/mol. The highest BCUT2D eigenvalue weighted by atomic mass is 32.2. The maximum absolute atomic E-state index is 11.3. The van der Waals surface area contributed by atoms with Gasteiger partial charge in [-0.2, -0.15) is 0 Å². The summed E-state index contributed by atoms with van der Waals surface area (Å²) in [5.74, 6) is -0.0310. The molecule has 0 bridgehead atoms. The van der Waals surface area contributed by atoms with E-state index in [2.05, 4.69) is 11.9 Å². The molecule has 2 fully saturated rings. The van der Waals surface area contributed by atoms with Crippen molar-refractivity contribution in [1.29, 1.82) is 0 Å². The van der Waals surface area contributed by atoms with E-state index in [9.17, 15) is 8.42 Å². The number of primary sulfonamides is 1. The van der Waals surface area contributed by atoms with E-state index in [1.807, 2.05) is 0 Å². The van der Waals surface area contributed by atoms with Crippen molar-refractivity contribution >= 4 is 10.0 Å². The highest BCUT2D eigenvalue weighted by molar-refractivity contribution is 7.89. The number of hydrogen-bond acceptors (Lipinski definition) is 4. The van der Waals surface area contributed by atoms with Crippen molar-refractivity contribution in [1.82, 2.24) is 4.90 Å². The predicted octanol–water partition coefficient (Wildman–Crippen LogP) is 0.166. The molecule has 1 spiro atoms. The summed E-state index contributed by atoms with van der Waals surface area (Å²) in [4.78, 5) is 2.31. The fraction of sp³-hybridized carbons (Fsp3) is 1.00. The first-order valence-electron chi connectivity index (χ1n) is 6.22. The van der Waals surface area contributed by atoms with Crippen molar-refractivity contribution in [2.45, 2.75) is 31.8 Å². The van der Waals surface area contributed by atoms with Gasteiger partial charge in [0.1, 0.15) is 0 Å². The minimum absolute atomic E-state index is 0.0310. The fourth-order valence-electron chi connectivity index (χ4n) is 3.10. The summed E-state index contributed by atoms with van der Waals surface area (Å²) in [6, 6.07) is 0. The molecule has 6 heteroatoms. The van der Waals surface area contributed by atoms with Crippen molar-refractivity contribution in [2.24, 2.45) is 10.6 Å². The average Bonchev–Trinajstić information content (AvgIpc) is 2.45. The Morgan fingerprint density at radius 3 is 2.82 bits per heavy atom. The Balaban J connectivity index is 2.11. The molecule has 2 rings (SSSR count). The Bertz CT molecular complexity index is 371. The molecular formula is C11H22N2O3S. The third-order valence-corrected chi connectivity index (χ3v) is 4.96. The summed E-state index contributed by atoms with van der Waals surface area (Å²) >= 11 is 0. The van der Waals surface area contributed by atoms with Gasteiger partial charge in [0.15, 0.2) is 0 Å². The van der Waals surface area contributed by atoms with Crippen molar-refractivity contribution in [3.63, 3.8) is 0 Å². The van der Waals surface area contributed by atoms with Crippen molar-refractivity contribution in [3.05, 3.63) is 0 Å². The molecule has 0 saturated carbocycles. The lowest BCUT2D eigenvalue weighted by Gasteiger charge is -2.32. The smallest absolute Gasteiger partial charge is 0.211 e. The molecule has 2 atom stereocenters. The van der Waals surface area contributed by atoms with Gasteiger partial charge in [0, 0.05) is 12.0 Å². The van der Waals surface area contributed by atoms with Crippen molar-refractivity contribution in [2.75, 3.05) is 32.5 Å². The molecule has 5 nitrogen and oxygen atoms in total. The molecule has 0 aliphatic carbocycles. The second-order valence-electron chi connectivity index (χ2n) is 5.46. The molecule has 2 unspecified atom stereocenters. The van der Waals surface area contributed by atoms with Crippen LogP contribution < -0.4 is 5.14 Å². The molecule has 0 radical (unpaired) electrons. The summed E-state index contributed by atoms with van der Waals surface area (Å²) < 4.78 is 28.1. The van der Waals surface area contributed by atoms with Gasteiger partial charge in [-0.25, -0.2) is 13.6 Å². The van der Waals surface area contributed by atoms with E-state index < -0.39 is 10.0 Å². The zero-order valence-electron chi connectivity index (χ0n) is 10.4. The Kier molecular flexibility index (Phi) is 3.77. The third kappa shape index (κ3) is 3.19. The third-order valence-electron chi connectivity index (χ3n) is 4.19. The normalized spacial score (nSPS) is 36.2. The molecule has 2 saturated heterocycles. The molecule has 17 heavy (non-hydrogen) atoms. The molecule has 0 aromatic heterocycles. The van der Waals surface area contributed by atoms with E-state index in [0.717, 1.165) is 38.8 Å². The standard InChI is InChI=1S/C11H22N2O3S/c1-13-6-2-3-11(4-7-13)5-8-16-10(11)9-17(12,14)15/h10H,2-9H2,1H3,(H2,12,14,15). The second kappa shape index (κ2) is 4.84. The van der Waals surface area contributed by atoms with Crippen LogP contribution in [-0.4, -0.2) is 51.9 Å². The lowest BCUT2D eigenvalue weighted by atomic mass is 9.75. The number of likely N-dealkylation sites (tertiary alicyclic amines) is 1. The number of rotatable bonds is 2. The van der Waals surface area contributed by atoms with E-state index in [1.54, 1.807) is 0 Å². The first-order valence-corrected chi connectivity index (χ1v) is 7.93. The average molecular weight is 262 g/mol. The molecule has 0 aromatic carbocycles. The summed E-state index contributed by atoms with van der Waals surface area (Å²) in [5.41, 5.74) is 0.0389. The summed E-state index contributed by atoms with van der Waals surface area (Å²) in [7, 11) is -1.33. The lowest BCUT2D eigenvalue weighted by Crippen LogP contribution is -2.39. The second-order valence-corrected chi connectivity index (χ2v) is 7.12. The van der Waals surface area contributed by atoms with Crippen LogP contribution in [0.4, 0.5) is 0 Å². The van der Waals surface area contributed by atoms with Gasteiger partial charge >= 0.3 is 0 Å². The molecule has 2 heterocycles. The van der Waals surface area contributed by atoms with E-state index in [0.29, 0.717) is 6.61 Å². The van der Waals surface area contributed by atoms with Crippen LogP contribution in [0.25, 0.3) is 0 Å². The van der Waals surface area contributed by atoms with E-state index >= 15 is 0 Å². The number of ether oxygens (including phenoxy) is 1. The largest absolute Gasteiger partial charge is 0.377 e. The van der Waals surface area contributed by atoms with Crippen LogP contribution in [-0.2, 0) is 14.8 Å². The van der Waals surface area contributed by atoms with Gasteiger partial charge in [-0.3, -0.25) is 0 Å². The maximum Gasteiger partial charge on any atom is 0.211 e. The van der Waals surface area contributed by atoms with Gasteiger partial charge < -0.3 is 9.64 Å². The van der Waals surface area contributed by atoms with Crippen LogP contribution in [0, 0.1) is 5.41 Å². The molecule has 100 valence electrons. The van der Waals surface area contributed by atoms with Crippen molar-refractivity contribution in [3.8, 4) is 0 Å². The van der Waals surface area contributed by atoms with E-state index in [-0.39, 0.29) is 17.3 Å². The van der Waals surface area contributed by atoms with Gasteiger partial charge in [0.25, 0.3) is 0 Å². The van der Waals surface area contributed by atoms with Gasteiger partial charge in [0.2, 0.25) is 10.0 Å². The van der Waals surface area contributed by atoms with Crippen LogP contribution in [0.5, 0.6) is 0 Å². The van der Waals surface area contributed by atoms with Gasteiger partial charge in [-0.15, -0.1) is 0 Å². The Morgan fingerprint density at radius 2 is 2.12 bits per heavy atom. The number of nitrogens with two attached hydrogens (primary N) is 1. The summed E-state index contributed by atoms with van der Waals surface area (Å²) in [6.07, 6.45) is 3.95. The SMILES string of the molecule is CN1CCCC2(CCOC2CS(N)(=O)=O)CC1. The van der Waals surface area contributed by atoms with Gasteiger partial charge in [0.05, 0.1) is 11.9 Å². The highest BCUT2D eigenvalue weighted by Crippen LogP contribution is 2.44. The topological polar surface area (TPSA) is 72.6 Å². The number of sulfonamides is 1. The number of nitrogens with zero attached hydrogens (tertiary/aromatic N) is 1. The van der Waals surface area contributed by atoms with E-state index in [1.165, 1.54) is 0 Å². The molecule has 2 aliphatic rings. The zero-order valence-corrected chi connectivity index (χ0v) is 11.2.